The lowest BCUT2D eigenvalue weighted by Gasteiger charge is -2.42. The second-order valence-electron chi connectivity index (χ2n) is 4.90. The minimum Gasteiger partial charge on any atom is -0.497 e. The summed E-state index contributed by atoms with van der Waals surface area (Å²) >= 11 is 0. The normalized spacial score (nSPS) is 27.8. The lowest BCUT2D eigenvalue weighted by atomic mass is 9.78. The van der Waals surface area contributed by atoms with Gasteiger partial charge in [-0.25, -0.2) is 0 Å². The van der Waals surface area contributed by atoms with Crippen LogP contribution in [0.5, 0.6) is 5.75 Å². The predicted molar refractivity (Wildman–Crippen MR) is 66.4 cm³/mol. The van der Waals surface area contributed by atoms with Crippen molar-refractivity contribution in [3.63, 3.8) is 0 Å². The van der Waals surface area contributed by atoms with Crippen LogP contribution >= 0.6 is 0 Å². The Morgan fingerprint density at radius 2 is 2.35 bits per heavy atom. The van der Waals surface area contributed by atoms with Crippen molar-refractivity contribution in [2.45, 2.75) is 24.9 Å². The van der Waals surface area contributed by atoms with E-state index in [0.717, 1.165) is 38.3 Å². The Balaban J connectivity index is 2.01. The van der Waals surface area contributed by atoms with E-state index in [4.69, 9.17) is 9.47 Å². The molecule has 1 aliphatic carbocycles. The van der Waals surface area contributed by atoms with Gasteiger partial charge in [-0.2, -0.15) is 0 Å². The molecule has 1 saturated heterocycles. The average molecular weight is 233 g/mol. The van der Waals surface area contributed by atoms with Gasteiger partial charge in [0.2, 0.25) is 0 Å². The lowest BCUT2D eigenvalue weighted by Crippen LogP contribution is -2.49. The molecule has 1 atom stereocenters. The van der Waals surface area contributed by atoms with Crippen molar-refractivity contribution in [3.05, 3.63) is 29.3 Å². The van der Waals surface area contributed by atoms with Crippen LogP contribution in [-0.4, -0.2) is 26.8 Å². The van der Waals surface area contributed by atoms with Gasteiger partial charge in [0.05, 0.1) is 13.7 Å². The summed E-state index contributed by atoms with van der Waals surface area (Å²) in [7, 11) is 1.72. The van der Waals surface area contributed by atoms with Crippen LogP contribution in [0.25, 0.3) is 0 Å². The van der Waals surface area contributed by atoms with Crippen molar-refractivity contribution in [1.29, 1.82) is 0 Å². The van der Waals surface area contributed by atoms with Gasteiger partial charge in [-0.1, -0.05) is 6.07 Å². The van der Waals surface area contributed by atoms with Crippen LogP contribution in [0.4, 0.5) is 0 Å². The van der Waals surface area contributed by atoms with Crippen LogP contribution in [0, 0.1) is 0 Å². The maximum Gasteiger partial charge on any atom is 0.119 e. The molecule has 3 heteroatoms. The first kappa shape index (κ1) is 11.1. The first-order chi connectivity index (χ1) is 8.34. The van der Waals surface area contributed by atoms with Gasteiger partial charge < -0.3 is 14.8 Å². The van der Waals surface area contributed by atoms with Gasteiger partial charge in [0, 0.05) is 13.1 Å². The van der Waals surface area contributed by atoms with Crippen molar-refractivity contribution in [2.75, 3.05) is 26.8 Å². The Labute approximate surface area is 102 Å². The average Bonchev–Trinajstić information content (AvgIpc) is 2.39. The zero-order chi connectivity index (χ0) is 11.7. The van der Waals surface area contributed by atoms with Crippen LogP contribution in [0.15, 0.2) is 18.2 Å². The standard InChI is InChI=1S/C14H19NO2/c1-16-12-4-5-13-11(9-12)3-2-6-14(13)10-15-7-8-17-14/h4-5,9,15H,2-3,6-8,10H2,1H3. The molecule has 1 aromatic carbocycles. The summed E-state index contributed by atoms with van der Waals surface area (Å²) in [5.74, 6) is 0.949. The molecule has 0 amide bonds. The third-order valence-electron chi connectivity index (χ3n) is 3.90. The third kappa shape index (κ3) is 1.83. The predicted octanol–water partition coefficient (Wildman–Crippen LogP) is 1.85. The third-order valence-corrected chi connectivity index (χ3v) is 3.90. The fraction of sp³-hybridized carbons (Fsp3) is 0.571. The number of hydrogen-bond donors (Lipinski definition) is 1. The van der Waals surface area contributed by atoms with Crippen LogP contribution in [0.3, 0.4) is 0 Å². The zero-order valence-electron chi connectivity index (χ0n) is 10.3. The van der Waals surface area contributed by atoms with E-state index in [2.05, 4.69) is 17.4 Å². The Kier molecular flexibility index (Phi) is 2.81. The SMILES string of the molecule is COc1ccc2c(c1)CCCC21CNCCO1. The van der Waals surface area contributed by atoms with Gasteiger partial charge in [0.15, 0.2) is 0 Å². The maximum atomic E-state index is 6.10. The fourth-order valence-corrected chi connectivity index (χ4v) is 3.04. The first-order valence-corrected chi connectivity index (χ1v) is 6.36. The quantitative estimate of drug-likeness (QED) is 0.803. The van der Waals surface area contributed by atoms with Crippen LogP contribution in [0.1, 0.15) is 24.0 Å². The number of benzene rings is 1. The molecular formula is C14H19NO2. The molecule has 3 nitrogen and oxygen atoms in total. The summed E-state index contributed by atoms with van der Waals surface area (Å²) in [5.41, 5.74) is 2.66. The summed E-state index contributed by atoms with van der Waals surface area (Å²) in [6.07, 6.45) is 3.46. The highest BCUT2D eigenvalue weighted by Gasteiger charge is 2.38. The van der Waals surface area contributed by atoms with E-state index in [9.17, 15) is 0 Å². The molecule has 1 unspecified atom stereocenters. The highest BCUT2D eigenvalue weighted by atomic mass is 16.5. The van der Waals surface area contributed by atoms with Crippen molar-refractivity contribution in [3.8, 4) is 5.75 Å². The molecule has 1 heterocycles. The second kappa shape index (κ2) is 4.31. The van der Waals surface area contributed by atoms with Crippen molar-refractivity contribution < 1.29 is 9.47 Å². The molecule has 2 aliphatic rings. The number of aryl methyl sites for hydroxylation is 1. The van der Waals surface area contributed by atoms with Gasteiger partial charge >= 0.3 is 0 Å². The molecule has 0 bridgehead atoms. The monoisotopic (exact) mass is 233 g/mol. The largest absolute Gasteiger partial charge is 0.497 e. The summed E-state index contributed by atoms with van der Waals surface area (Å²) in [6, 6.07) is 6.39. The Morgan fingerprint density at radius 1 is 1.41 bits per heavy atom. The van der Waals surface area contributed by atoms with E-state index < -0.39 is 0 Å². The van der Waals surface area contributed by atoms with E-state index in [0.29, 0.717) is 0 Å². The molecule has 1 N–H and O–H groups in total. The van der Waals surface area contributed by atoms with Crippen LogP contribution < -0.4 is 10.1 Å². The van der Waals surface area contributed by atoms with Gasteiger partial charge in [-0.15, -0.1) is 0 Å². The van der Waals surface area contributed by atoms with Crippen LogP contribution in [0.2, 0.25) is 0 Å². The smallest absolute Gasteiger partial charge is 0.119 e. The molecule has 0 saturated carbocycles. The van der Waals surface area contributed by atoms with Crippen molar-refractivity contribution >= 4 is 0 Å². The molecule has 0 aromatic heterocycles. The number of fused-ring (bicyclic) bond motifs is 2. The number of methoxy groups -OCH3 is 1. The van der Waals surface area contributed by atoms with E-state index in [1.165, 1.54) is 17.5 Å². The van der Waals surface area contributed by atoms with E-state index in [1.807, 2.05) is 6.07 Å². The fourth-order valence-electron chi connectivity index (χ4n) is 3.04. The molecule has 92 valence electrons. The van der Waals surface area contributed by atoms with E-state index in [1.54, 1.807) is 7.11 Å². The minimum atomic E-state index is -0.0852. The maximum absolute atomic E-state index is 6.10. The number of rotatable bonds is 1. The number of hydrogen-bond acceptors (Lipinski definition) is 3. The highest BCUT2D eigenvalue weighted by molar-refractivity contribution is 5.41. The van der Waals surface area contributed by atoms with Crippen LogP contribution in [-0.2, 0) is 16.8 Å². The molecule has 1 spiro atoms. The molecule has 1 aromatic rings. The van der Waals surface area contributed by atoms with Gasteiger partial charge in [0.1, 0.15) is 11.4 Å². The molecule has 17 heavy (non-hydrogen) atoms. The number of morpholine rings is 1. The van der Waals surface area contributed by atoms with Crippen molar-refractivity contribution in [1.82, 2.24) is 5.32 Å². The Morgan fingerprint density at radius 3 is 3.12 bits per heavy atom. The summed E-state index contributed by atoms with van der Waals surface area (Å²) in [6.45, 7) is 2.71. The van der Waals surface area contributed by atoms with Gasteiger partial charge in [-0.05, 0) is 42.5 Å². The molecular weight excluding hydrogens is 214 g/mol. The second-order valence-corrected chi connectivity index (χ2v) is 4.90. The molecule has 0 radical (unpaired) electrons. The summed E-state index contributed by atoms with van der Waals surface area (Å²) < 4.78 is 11.4. The topological polar surface area (TPSA) is 30.5 Å². The zero-order valence-corrected chi connectivity index (χ0v) is 10.3. The molecule has 1 fully saturated rings. The van der Waals surface area contributed by atoms with E-state index in [-0.39, 0.29) is 5.60 Å². The van der Waals surface area contributed by atoms with E-state index >= 15 is 0 Å². The van der Waals surface area contributed by atoms with Gasteiger partial charge in [0.25, 0.3) is 0 Å². The molecule has 1 aliphatic heterocycles. The Bertz CT molecular complexity index is 411. The first-order valence-electron chi connectivity index (χ1n) is 6.36. The number of ether oxygens (including phenoxy) is 2. The van der Waals surface area contributed by atoms with Gasteiger partial charge in [-0.3, -0.25) is 0 Å². The molecule has 3 rings (SSSR count). The van der Waals surface area contributed by atoms with Crippen molar-refractivity contribution in [2.24, 2.45) is 0 Å². The summed E-state index contributed by atoms with van der Waals surface area (Å²) in [4.78, 5) is 0. The minimum absolute atomic E-state index is 0.0852. The number of nitrogens with one attached hydrogen (secondary N) is 1. The summed E-state index contributed by atoms with van der Waals surface area (Å²) in [5, 5.41) is 3.46. The lowest BCUT2D eigenvalue weighted by molar-refractivity contribution is -0.0819. The Hall–Kier alpha value is -1.06. The highest BCUT2D eigenvalue weighted by Crippen LogP contribution is 2.40.